The van der Waals surface area contributed by atoms with E-state index in [1.54, 1.807) is 0 Å². The van der Waals surface area contributed by atoms with E-state index in [9.17, 15) is 19.7 Å². The number of hydrogen-bond acceptors (Lipinski definition) is 5. The lowest BCUT2D eigenvalue weighted by molar-refractivity contribution is -0.384. The van der Waals surface area contributed by atoms with Gasteiger partial charge >= 0.3 is 0 Å². The minimum absolute atomic E-state index is 0.0404. The number of benzene rings is 1. The Balaban J connectivity index is 2.23. The summed E-state index contributed by atoms with van der Waals surface area (Å²) in [6.07, 6.45) is 0. The monoisotopic (exact) mass is 274 g/mol. The summed E-state index contributed by atoms with van der Waals surface area (Å²) < 4.78 is 1.03. The van der Waals surface area contributed by atoms with Crippen LogP contribution < -0.4 is 10.9 Å². The third-order valence-electron chi connectivity index (χ3n) is 2.51. The quantitative estimate of drug-likeness (QED) is 0.662. The van der Waals surface area contributed by atoms with Gasteiger partial charge in [-0.15, -0.1) is 0 Å². The molecule has 0 saturated carbocycles. The fraction of sp³-hybridized carbons (Fsp3) is 0.0833. The highest BCUT2D eigenvalue weighted by Crippen LogP contribution is 2.17. The van der Waals surface area contributed by atoms with Crippen LogP contribution in [-0.4, -0.2) is 20.6 Å². The number of amides is 1. The lowest BCUT2D eigenvalue weighted by atomic mass is 10.2. The molecule has 0 aliphatic rings. The van der Waals surface area contributed by atoms with Crippen LogP contribution >= 0.6 is 0 Å². The molecular weight excluding hydrogens is 264 g/mol. The molecule has 2 aromatic rings. The Morgan fingerprint density at radius 1 is 1.35 bits per heavy atom. The molecule has 8 nitrogen and oxygen atoms in total. The fourth-order valence-corrected chi connectivity index (χ4v) is 1.52. The smallest absolute Gasteiger partial charge is 0.276 e. The molecule has 0 unspecified atom stereocenters. The molecule has 0 atom stereocenters. The van der Waals surface area contributed by atoms with Crippen LogP contribution in [0.5, 0.6) is 0 Å². The van der Waals surface area contributed by atoms with Crippen molar-refractivity contribution in [1.82, 2.24) is 9.78 Å². The average molecular weight is 274 g/mol. The number of anilines is 1. The Kier molecular flexibility index (Phi) is 3.56. The highest BCUT2D eigenvalue weighted by molar-refractivity contribution is 6.02. The van der Waals surface area contributed by atoms with E-state index >= 15 is 0 Å². The lowest BCUT2D eigenvalue weighted by Gasteiger charge is -2.05. The second-order valence-electron chi connectivity index (χ2n) is 3.94. The Hall–Kier alpha value is -3.03. The maximum absolute atomic E-state index is 11.9. The second-order valence-corrected chi connectivity index (χ2v) is 3.94. The molecule has 102 valence electrons. The molecule has 2 rings (SSSR count). The molecule has 1 heterocycles. The Morgan fingerprint density at radius 2 is 2.10 bits per heavy atom. The van der Waals surface area contributed by atoms with Crippen LogP contribution in [0, 0.1) is 10.1 Å². The molecule has 0 aliphatic heterocycles. The first-order valence-electron chi connectivity index (χ1n) is 5.57. The summed E-state index contributed by atoms with van der Waals surface area (Å²) in [5, 5.41) is 16.9. The first-order chi connectivity index (χ1) is 9.47. The van der Waals surface area contributed by atoms with Crippen LogP contribution in [0.2, 0.25) is 0 Å². The first kappa shape index (κ1) is 13.4. The number of aromatic nitrogens is 2. The van der Waals surface area contributed by atoms with Crippen LogP contribution in [0.1, 0.15) is 10.5 Å². The van der Waals surface area contributed by atoms with E-state index < -0.39 is 10.8 Å². The number of nitrogens with zero attached hydrogens (tertiary/aromatic N) is 3. The predicted molar refractivity (Wildman–Crippen MR) is 70.5 cm³/mol. The second kappa shape index (κ2) is 5.31. The molecule has 1 aromatic heterocycles. The van der Waals surface area contributed by atoms with E-state index in [2.05, 4.69) is 10.4 Å². The zero-order valence-corrected chi connectivity index (χ0v) is 10.4. The van der Waals surface area contributed by atoms with Crippen LogP contribution in [-0.2, 0) is 7.05 Å². The third kappa shape index (κ3) is 2.86. The van der Waals surface area contributed by atoms with Gasteiger partial charge in [0.1, 0.15) is 5.69 Å². The maximum atomic E-state index is 11.9. The molecular formula is C12H10N4O4. The molecule has 0 spiro atoms. The number of aryl methyl sites for hydroxylation is 1. The van der Waals surface area contributed by atoms with Gasteiger partial charge < -0.3 is 5.32 Å². The van der Waals surface area contributed by atoms with Crippen molar-refractivity contribution in [2.75, 3.05) is 5.32 Å². The molecule has 1 N–H and O–H groups in total. The van der Waals surface area contributed by atoms with Gasteiger partial charge in [0.25, 0.3) is 17.2 Å². The van der Waals surface area contributed by atoms with E-state index in [-0.39, 0.29) is 22.6 Å². The van der Waals surface area contributed by atoms with Gasteiger partial charge in [0, 0.05) is 30.9 Å². The highest BCUT2D eigenvalue weighted by atomic mass is 16.6. The van der Waals surface area contributed by atoms with Crippen molar-refractivity contribution in [2.45, 2.75) is 0 Å². The lowest BCUT2D eigenvalue weighted by Crippen LogP contribution is -2.23. The van der Waals surface area contributed by atoms with Gasteiger partial charge in [0.05, 0.1) is 4.92 Å². The number of nitro groups is 1. The molecule has 20 heavy (non-hydrogen) atoms. The maximum Gasteiger partial charge on any atom is 0.276 e. The minimum Gasteiger partial charge on any atom is -0.320 e. The van der Waals surface area contributed by atoms with Crippen molar-refractivity contribution in [3.05, 3.63) is 62.6 Å². The molecule has 0 aliphatic carbocycles. The molecule has 0 fully saturated rings. The Bertz CT molecular complexity index is 738. The summed E-state index contributed by atoms with van der Waals surface area (Å²) in [5.74, 6) is -0.555. The van der Waals surface area contributed by atoms with Crippen LogP contribution in [0.3, 0.4) is 0 Å². The Morgan fingerprint density at radius 3 is 2.75 bits per heavy atom. The van der Waals surface area contributed by atoms with Crippen LogP contribution in [0.15, 0.2) is 41.2 Å². The summed E-state index contributed by atoms with van der Waals surface area (Å²) >= 11 is 0. The number of non-ortho nitro benzene ring substituents is 1. The van der Waals surface area contributed by atoms with Crippen molar-refractivity contribution in [3.63, 3.8) is 0 Å². The zero-order valence-electron chi connectivity index (χ0n) is 10.4. The van der Waals surface area contributed by atoms with Gasteiger partial charge in [-0.1, -0.05) is 6.07 Å². The average Bonchev–Trinajstić information content (AvgIpc) is 2.42. The first-order valence-corrected chi connectivity index (χ1v) is 5.57. The van der Waals surface area contributed by atoms with Gasteiger partial charge in [0.15, 0.2) is 0 Å². The van der Waals surface area contributed by atoms with Gasteiger partial charge in [0.2, 0.25) is 0 Å². The number of carbonyl (C=O) groups is 1. The van der Waals surface area contributed by atoms with E-state index in [0.717, 1.165) is 4.68 Å². The van der Waals surface area contributed by atoms with Crippen LogP contribution in [0.4, 0.5) is 11.4 Å². The van der Waals surface area contributed by atoms with E-state index in [4.69, 9.17) is 0 Å². The van der Waals surface area contributed by atoms with Gasteiger partial charge in [-0.25, -0.2) is 4.68 Å². The fourth-order valence-electron chi connectivity index (χ4n) is 1.52. The molecule has 0 saturated heterocycles. The highest BCUT2D eigenvalue weighted by Gasteiger charge is 2.11. The molecule has 1 aromatic carbocycles. The van der Waals surface area contributed by atoms with Crippen molar-refractivity contribution in [1.29, 1.82) is 0 Å². The van der Waals surface area contributed by atoms with Gasteiger partial charge in [-0.05, 0) is 12.1 Å². The summed E-state index contributed by atoms with van der Waals surface area (Å²) in [6.45, 7) is 0. The van der Waals surface area contributed by atoms with E-state index in [1.807, 2.05) is 0 Å². The summed E-state index contributed by atoms with van der Waals surface area (Å²) in [4.78, 5) is 33.1. The number of carbonyl (C=O) groups excluding carboxylic acids is 1. The molecule has 0 bridgehead atoms. The number of nitro benzene ring substituents is 1. The molecule has 1 amide bonds. The van der Waals surface area contributed by atoms with E-state index in [0.29, 0.717) is 0 Å². The van der Waals surface area contributed by atoms with Gasteiger partial charge in [-0.3, -0.25) is 19.7 Å². The number of hydrogen-bond donors (Lipinski definition) is 1. The van der Waals surface area contributed by atoms with Crippen molar-refractivity contribution < 1.29 is 9.72 Å². The standard InChI is InChI=1S/C12H10N4O4/c1-15-11(17)6-5-10(14-15)12(18)13-8-3-2-4-9(7-8)16(19)20/h2-7H,1H3,(H,13,18). The van der Waals surface area contributed by atoms with Crippen molar-refractivity contribution >= 4 is 17.3 Å². The SMILES string of the molecule is Cn1nc(C(=O)Nc2cccc([N+](=O)[O-])c2)ccc1=O. The predicted octanol–water partition coefficient (Wildman–Crippen LogP) is 0.941. The van der Waals surface area contributed by atoms with Gasteiger partial charge in [-0.2, -0.15) is 5.10 Å². The zero-order chi connectivity index (χ0) is 14.7. The summed E-state index contributed by atoms with van der Waals surface area (Å²) in [6, 6.07) is 8.04. The Labute approximate surface area is 112 Å². The van der Waals surface area contributed by atoms with E-state index in [1.165, 1.54) is 43.4 Å². The number of rotatable bonds is 3. The van der Waals surface area contributed by atoms with Crippen molar-refractivity contribution in [2.24, 2.45) is 7.05 Å². The van der Waals surface area contributed by atoms with Crippen LogP contribution in [0.25, 0.3) is 0 Å². The summed E-state index contributed by atoms with van der Waals surface area (Å²) in [7, 11) is 1.42. The third-order valence-corrected chi connectivity index (χ3v) is 2.51. The minimum atomic E-state index is -0.555. The normalized spacial score (nSPS) is 10.1. The van der Waals surface area contributed by atoms with Crippen molar-refractivity contribution in [3.8, 4) is 0 Å². The molecule has 8 heteroatoms. The molecule has 0 radical (unpaired) electrons. The largest absolute Gasteiger partial charge is 0.320 e. The topological polar surface area (TPSA) is 107 Å². The summed E-state index contributed by atoms with van der Waals surface area (Å²) in [5.41, 5.74) is -0.147. The number of nitrogens with one attached hydrogen (secondary N) is 1.